The highest BCUT2D eigenvalue weighted by molar-refractivity contribution is 5.95. The van der Waals surface area contributed by atoms with E-state index in [1.807, 2.05) is 4.90 Å². The molecule has 198 valence electrons. The van der Waals surface area contributed by atoms with Crippen molar-refractivity contribution in [3.8, 4) is 0 Å². The van der Waals surface area contributed by atoms with Gasteiger partial charge in [0.05, 0.1) is 36.3 Å². The molecule has 0 bridgehead atoms. The number of halogens is 3. The van der Waals surface area contributed by atoms with Crippen molar-refractivity contribution >= 4 is 18.0 Å². The molecular formula is C25H32F3N3O5. The smallest absolute Gasteiger partial charge is 0.416 e. The molecule has 3 rings (SSSR count). The first-order valence-electron chi connectivity index (χ1n) is 12.2. The molecule has 2 amide bonds. The minimum absolute atomic E-state index is 0.0119. The molecule has 2 aliphatic heterocycles. The minimum atomic E-state index is -4.69. The number of benzene rings is 1. The summed E-state index contributed by atoms with van der Waals surface area (Å²) in [5.74, 6) is -1.47. The van der Waals surface area contributed by atoms with Gasteiger partial charge in [-0.05, 0) is 51.8 Å². The zero-order valence-electron chi connectivity index (χ0n) is 20.7. The van der Waals surface area contributed by atoms with E-state index in [1.54, 1.807) is 20.8 Å². The molecule has 1 aromatic rings. The van der Waals surface area contributed by atoms with E-state index in [2.05, 4.69) is 5.32 Å². The van der Waals surface area contributed by atoms with Crippen LogP contribution in [0.1, 0.15) is 50.8 Å². The first kappa shape index (κ1) is 27.5. The molecule has 1 aromatic carbocycles. The number of ether oxygens (including phenoxy) is 2. The van der Waals surface area contributed by atoms with Crippen molar-refractivity contribution in [3.05, 3.63) is 46.7 Å². The summed E-state index contributed by atoms with van der Waals surface area (Å²) in [5.41, 5.74) is -0.959. The van der Waals surface area contributed by atoms with Crippen LogP contribution in [0.25, 0.3) is 0 Å². The van der Waals surface area contributed by atoms with Gasteiger partial charge in [-0.25, -0.2) is 9.59 Å². The molecule has 0 unspecified atom stereocenters. The third-order valence-electron chi connectivity index (χ3n) is 6.33. The lowest BCUT2D eigenvalue weighted by molar-refractivity contribution is -0.150. The molecule has 2 atom stereocenters. The van der Waals surface area contributed by atoms with E-state index in [0.717, 1.165) is 6.07 Å². The van der Waals surface area contributed by atoms with Crippen LogP contribution in [-0.2, 0) is 25.2 Å². The molecule has 0 spiro atoms. The summed E-state index contributed by atoms with van der Waals surface area (Å²) in [4.78, 5) is 41.8. The van der Waals surface area contributed by atoms with Gasteiger partial charge in [0.25, 0.3) is 0 Å². The van der Waals surface area contributed by atoms with E-state index in [1.165, 1.54) is 23.1 Å². The second-order valence-electron chi connectivity index (χ2n) is 8.62. The van der Waals surface area contributed by atoms with Crippen molar-refractivity contribution in [1.82, 2.24) is 15.1 Å². The molecule has 8 nitrogen and oxygen atoms in total. The van der Waals surface area contributed by atoms with Crippen molar-refractivity contribution in [3.63, 3.8) is 0 Å². The van der Waals surface area contributed by atoms with E-state index >= 15 is 0 Å². The Morgan fingerprint density at radius 2 is 1.81 bits per heavy atom. The van der Waals surface area contributed by atoms with Crippen LogP contribution in [0.15, 0.2) is 35.5 Å². The molecule has 0 saturated carbocycles. The average Bonchev–Trinajstić information content (AvgIpc) is 2.84. The zero-order chi connectivity index (χ0) is 26.5. The van der Waals surface area contributed by atoms with E-state index in [9.17, 15) is 27.6 Å². The zero-order valence-corrected chi connectivity index (χ0v) is 20.7. The topological polar surface area (TPSA) is 88.2 Å². The van der Waals surface area contributed by atoms with Gasteiger partial charge in [0.15, 0.2) is 0 Å². The highest BCUT2D eigenvalue weighted by Crippen LogP contribution is 2.39. The third kappa shape index (κ3) is 6.00. The maximum absolute atomic E-state index is 13.9. The number of likely N-dealkylation sites (N-methyl/N-ethyl adjacent to an activating group) is 1. The molecule has 36 heavy (non-hydrogen) atoms. The van der Waals surface area contributed by atoms with E-state index in [-0.39, 0.29) is 55.0 Å². The van der Waals surface area contributed by atoms with Crippen molar-refractivity contribution in [2.24, 2.45) is 5.92 Å². The van der Waals surface area contributed by atoms with Crippen LogP contribution in [0, 0.1) is 5.92 Å². The van der Waals surface area contributed by atoms with Gasteiger partial charge in [-0.3, -0.25) is 14.6 Å². The molecule has 1 N–H and O–H groups in total. The number of rotatable bonds is 8. The number of likely N-dealkylation sites (tertiary alicyclic amines) is 1. The Labute approximate surface area is 208 Å². The Kier molecular flexibility index (Phi) is 8.99. The predicted molar refractivity (Wildman–Crippen MR) is 125 cm³/mol. The lowest BCUT2D eigenvalue weighted by Gasteiger charge is -2.40. The van der Waals surface area contributed by atoms with Gasteiger partial charge in [0.2, 0.25) is 0 Å². The van der Waals surface area contributed by atoms with Crippen LogP contribution < -0.4 is 5.32 Å². The highest BCUT2D eigenvalue weighted by Gasteiger charge is 2.43. The summed E-state index contributed by atoms with van der Waals surface area (Å²) in [6.45, 7) is 6.54. The lowest BCUT2D eigenvalue weighted by Crippen LogP contribution is -2.52. The van der Waals surface area contributed by atoms with E-state index < -0.39 is 29.8 Å². The van der Waals surface area contributed by atoms with Crippen LogP contribution >= 0.6 is 0 Å². The normalized spacial score (nSPS) is 21.3. The number of nitrogens with one attached hydrogen (secondary N) is 1. The fourth-order valence-electron chi connectivity index (χ4n) is 4.76. The van der Waals surface area contributed by atoms with Gasteiger partial charge in [-0.1, -0.05) is 18.2 Å². The Bertz CT molecular complexity index is 1010. The monoisotopic (exact) mass is 511 g/mol. The Hall–Kier alpha value is -3.08. The average molecular weight is 512 g/mol. The Morgan fingerprint density at radius 1 is 1.11 bits per heavy atom. The summed E-state index contributed by atoms with van der Waals surface area (Å²) in [5, 5.41) is 2.58. The fourth-order valence-corrected chi connectivity index (χ4v) is 4.76. The van der Waals surface area contributed by atoms with Gasteiger partial charge in [0.1, 0.15) is 0 Å². The predicted octanol–water partition coefficient (Wildman–Crippen LogP) is 3.88. The quantitative estimate of drug-likeness (QED) is 0.533. The van der Waals surface area contributed by atoms with E-state index in [4.69, 9.17) is 9.47 Å². The molecule has 0 aliphatic carbocycles. The third-order valence-corrected chi connectivity index (χ3v) is 6.33. The highest BCUT2D eigenvalue weighted by atomic mass is 19.4. The first-order chi connectivity index (χ1) is 17.1. The van der Waals surface area contributed by atoms with Crippen LogP contribution in [0.5, 0.6) is 0 Å². The summed E-state index contributed by atoms with van der Waals surface area (Å²) in [6, 6.07) is 2.90. The number of piperidine rings is 1. The van der Waals surface area contributed by atoms with Crippen molar-refractivity contribution in [2.75, 3.05) is 39.4 Å². The minimum Gasteiger partial charge on any atom is -0.466 e. The number of alkyl halides is 3. The first-order valence-corrected chi connectivity index (χ1v) is 12.2. The SMILES string of the molecule is CCOC(=O)C1=C(CN2CCC[C@@H](C(=O)OCC)C2)N(CC)C(=O)N[C@@H]1c1ccccc1C(F)(F)F. The number of hydrogen-bond acceptors (Lipinski definition) is 6. The summed E-state index contributed by atoms with van der Waals surface area (Å²) < 4.78 is 52.0. The van der Waals surface area contributed by atoms with Crippen molar-refractivity contribution in [1.29, 1.82) is 0 Å². The second-order valence-corrected chi connectivity index (χ2v) is 8.62. The van der Waals surface area contributed by atoms with Gasteiger partial charge in [-0.15, -0.1) is 0 Å². The number of carbonyl (C=O) groups excluding carboxylic acids is 3. The molecule has 1 saturated heterocycles. The lowest BCUT2D eigenvalue weighted by atomic mass is 9.90. The Balaban J connectivity index is 2.09. The van der Waals surface area contributed by atoms with Gasteiger partial charge in [0, 0.05) is 25.3 Å². The van der Waals surface area contributed by atoms with Crippen molar-refractivity contribution in [2.45, 2.75) is 45.8 Å². The number of carbonyl (C=O) groups is 3. The largest absolute Gasteiger partial charge is 0.466 e. The van der Waals surface area contributed by atoms with Gasteiger partial charge >= 0.3 is 24.1 Å². The summed E-state index contributed by atoms with van der Waals surface area (Å²) in [7, 11) is 0. The van der Waals surface area contributed by atoms with Crippen molar-refractivity contribution < 1.29 is 37.0 Å². The number of esters is 2. The fraction of sp³-hybridized carbons (Fsp3) is 0.560. The summed E-state index contributed by atoms with van der Waals surface area (Å²) in [6.07, 6.45) is -3.34. The molecule has 0 radical (unpaired) electrons. The van der Waals surface area contributed by atoms with Gasteiger partial charge < -0.3 is 14.8 Å². The molecule has 2 aliphatic rings. The molecule has 11 heteroatoms. The van der Waals surface area contributed by atoms with Gasteiger partial charge in [-0.2, -0.15) is 13.2 Å². The molecule has 1 fully saturated rings. The Morgan fingerprint density at radius 3 is 2.44 bits per heavy atom. The maximum Gasteiger partial charge on any atom is 0.416 e. The number of urea groups is 1. The van der Waals surface area contributed by atoms with Crippen LogP contribution in [0.2, 0.25) is 0 Å². The van der Waals surface area contributed by atoms with Crippen LogP contribution in [0.3, 0.4) is 0 Å². The second kappa shape index (κ2) is 11.8. The number of nitrogens with zero attached hydrogens (tertiary/aromatic N) is 2. The number of hydrogen-bond donors (Lipinski definition) is 1. The standard InChI is InChI=1S/C25H32F3N3O5/c1-4-31-19(15-30-13-9-10-16(14-30)22(32)35-5-2)20(23(33)36-6-3)21(29-24(31)34)17-11-7-8-12-18(17)25(26,27)28/h7-8,11-12,16,21H,4-6,9-10,13-15H2,1-3H3,(H,29,34)/t16-,21-/m1/s1. The van der Waals surface area contributed by atoms with Crippen LogP contribution in [0.4, 0.5) is 18.0 Å². The van der Waals surface area contributed by atoms with Crippen LogP contribution in [-0.4, -0.2) is 67.2 Å². The number of amides is 2. The van der Waals surface area contributed by atoms with E-state index in [0.29, 0.717) is 25.9 Å². The molecule has 2 heterocycles. The molecular weight excluding hydrogens is 479 g/mol. The maximum atomic E-state index is 13.9. The molecule has 0 aromatic heterocycles. The summed E-state index contributed by atoms with van der Waals surface area (Å²) >= 11 is 0.